The highest BCUT2D eigenvalue weighted by Crippen LogP contribution is 2.17. The molecule has 0 aliphatic heterocycles. The van der Waals surface area contributed by atoms with Crippen LogP contribution < -0.4 is 16.1 Å². The first-order valence-electron chi connectivity index (χ1n) is 5.46. The summed E-state index contributed by atoms with van der Waals surface area (Å²) in [7, 11) is 0. The summed E-state index contributed by atoms with van der Waals surface area (Å²) in [6, 6.07) is 2.31. The Balaban J connectivity index is 1.64. The third-order valence-electron chi connectivity index (χ3n) is 2.53. The van der Waals surface area contributed by atoms with Gasteiger partial charge in [0.1, 0.15) is 0 Å². The van der Waals surface area contributed by atoms with Crippen LogP contribution in [0.5, 0.6) is 0 Å². The lowest BCUT2D eigenvalue weighted by molar-refractivity contribution is 0.607. The van der Waals surface area contributed by atoms with Gasteiger partial charge in [-0.1, -0.05) is 0 Å². The van der Waals surface area contributed by atoms with E-state index in [9.17, 15) is 4.79 Å². The monoisotopic (exact) mass is 207 g/mol. The SMILES string of the molecule is O=c1cc[nH]cc1CNCCNC1CC1. The van der Waals surface area contributed by atoms with Crippen LogP contribution in [0.15, 0.2) is 23.3 Å². The topological polar surface area (TPSA) is 56.9 Å². The highest BCUT2D eigenvalue weighted by atomic mass is 16.1. The Morgan fingerprint density at radius 2 is 2.27 bits per heavy atom. The Morgan fingerprint density at radius 1 is 1.40 bits per heavy atom. The number of rotatable bonds is 6. The van der Waals surface area contributed by atoms with Gasteiger partial charge in [-0.25, -0.2) is 0 Å². The van der Waals surface area contributed by atoms with Crippen LogP contribution in [0.2, 0.25) is 0 Å². The first-order chi connectivity index (χ1) is 7.36. The lowest BCUT2D eigenvalue weighted by atomic mass is 10.3. The van der Waals surface area contributed by atoms with Crippen molar-refractivity contribution < 1.29 is 0 Å². The minimum atomic E-state index is 0.0939. The molecule has 1 aliphatic rings. The summed E-state index contributed by atoms with van der Waals surface area (Å²) in [4.78, 5) is 14.2. The Labute approximate surface area is 89.1 Å². The van der Waals surface area contributed by atoms with Crippen molar-refractivity contribution in [3.8, 4) is 0 Å². The molecule has 0 atom stereocenters. The van der Waals surface area contributed by atoms with Gasteiger partial charge in [0, 0.05) is 49.7 Å². The average Bonchev–Trinajstić information content (AvgIpc) is 3.04. The van der Waals surface area contributed by atoms with Crippen LogP contribution in [0.3, 0.4) is 0 Å². The number of aromatic amines is 1. The summed E-state index contributed by atoms with van der Waals surface area (Å²) >= 11 is 0. The molecule has 3 N–H and O–H groups in total. The molecule has 0 radical (unpaired) electrons. The molecular formula is C11H17N3O. The number of hydrogen-bond donors (Lipinski definition) is 3. The maximum Gasteiger partial charge on any atom is 0.186 e. The van der Waals surface area contributed by atoms with Crippen molar-refractivity contribution in [2.75, 3.05) is 13.1 Å². The van der Waals surface area contributed by atoms with Crippen LogP contribution in [0.25, 0.3) is 0 Å². The maximum absolute atomic E-state index is 11.3. The second-order valence-electron chi connectivity index (χ2n) is 3.94. The zero-order valence-electron chi connectivity index (χ0n) is 8.75. The van der Waals surface area contributed by atoms with E-state index >= 15 is 0 Å². The van der Waals surface area contributed by atoms with Gasteiger partial charge in [-0.2, -0.15) is 0 Å². The fourth-order valence-electron chi connectivity index (χ4n) is 1.46. The highest BCUT2D eigenvalue weighted by molar-refractivity contribution is 5.08. The molecule has 1 heterocycles. The van der Waals surface area contributed by atoms with Crippen molar-refractivity contribution in [2.45, 2.75) is 25.4 Å². The van der Waals surface area contributed by atoms with Crippen molar-refractivity contribution in [1.82, 2.24) is 15.6 Å². The molecular weight excluding hydrogens is 190 g/mol. The van der Waals surface area contributed by atoms with Crippen molar-refractivity contribution in [3.05, 3.63) is 34.2 Å². The number of nitrogens with one attached hydrogen (secondary N) is 3. The van der Waals surface area contributed by atoms with Gasteiger partial charge >= 0.3 is 0 Å². The zero-order chi connectivity index (χ0) is 10.5. The quantitative estimate of drug-likeness (QED) is 0.585. The van der Waals surface area contributed by atoms with Crippen LogP contribution in [0.4, 0.5) is 0 Å². The molecule has 1 fully saturated rings. The Morgan fingerprint density at radius 3 is 3.00 bits per heavy atom. The van der Waals surface area contributed by atoms with Crippen LogP contribution in [-0.4, -0.2) is 24.1 Å². The molecule has 1 aromatic rings. The normalized spacial score (nSPS) is 15.5. The van der Waals surface area contributed by atoms with Gasteiger partial charge in [-0.05, 0) is 12.8 Å². The van der Waals surface area contributed by atoms with E-state index in [1.165, 1.54) is 12.8 Å². The summed E-state index contributed by atoms with van der Waals surface area (Å²) in [6.07, 6.45) is 6.04. The van der Waals surface area contributed by atoms with E-state index in [0.29, 0.717) is 6.54 Å². The number of aromatic nitrogens is 1. The van der Waals surface area contributed by atoms with Gasteiger partial charge in [0.05, 0.1) is 0 Å². The smallest absolute Gasteiger partial charge is 0.186 e. The van der Waals surface area contributed by atoms with Gasteiger partial charge in [-0.15, -0.1) is 0 Å². The standard InChI is InChI=1S/C11H17N3O/c15-11-3-4-12-7-9(11)8-13-5-6-14-10-1-2-10/h3-4,7,10,13-14H,1-2,5-6,8H2,(H,12,15). The third kappa shape index (κ3) is 3.49. The molecule has 0 amide bonds. The van der Waals surface area contributed by atoms with Crippen molar-refractivity contribution in [1.29, 1.82) is 0 Å². The molecule has 15 heavy (non-hydrogen) atoms. The third-order valence-corrected chi connectivity index (χ3v) is 2.53. The van der Waals surface area contributed by atoms with E-state index in [4.69, 9.17) is 0 Å². The first-order valence-corrected chi connectivity index (χ1v) is 5.46. The molecule has 4 nitrogen and oxygen atoms in total. The lowest BCUT2D eigenvalue weighted by Crippen LogP contribution is -2.29. The summed E-state index contributed by atoms with van der Waals surface area (Å²) in [5.41, 5.74) is 0.889. The van der Waals surface area contributed by atoms with E-state index in [1.54, 1.807) is 18.5 Å². The van der Waals surface area contributed by atoms with Gasteiger partial charge in [0.25, 0.3) is 0 Å². The Kier molecular flexibility index (Phi) is 3.53. The molecule has 0 aromatic carbocycles. The summed E-state index contributed by atoms with van der Waals surface area (Å²) in [6.45, 7) is 2.53. The second-order valence-corrected chi connectivity index (χ2v) is 3.94. The minimum Gasteiger partial charge on any atom is -0.367 e. The Hall–Kier alpha value is -1.13. The van der Waals surface area contributed by atoms with Crippen molar-refractivity contribution in [2.24, 2.45) is 0 Å². The summed E-state index contributed by atoms with van der Waals surface area (Å²) in [5.74, 6) is 0. The van der Waals surface area contributed by atoms with E-state index in [-0.39, 0.29) is 5.43 Å². The zero-order valence-corrected chi connectivity index (χ0v) is 8.75. The molecule has 0 unspecified atom stereocenters. The van der Waals surface area contributed by atoms with Crippen molar-refractivity contribution >= 4 is 0 Å². The number of H-pyrrole nitrogens is 1. The van der Waals surface area contributed by atoms with Gasteiger partial charge in [-0.3, -0.25) is 4.79 Å². The molecule has 1 aromatic heterocycles. The summed E-state index contributed by atoms with van der Waals surface area (Å²) < 4.78 is 0. The van der Waals surface area contributed by atoms with E-state index < -0.39 is 0 Å². The highest BCUT2D eigenvalue weighted by Gasteiger charge is 2.19. The molecule has 0 saturated heterocycles. The van der Waals surface area contributed by atoms with Crippen LogP contribution in [0, 0.1) is 0 Å². The largest absolute Gasteiger partial charge is 0.367 e. The Bertz CT molecular complexity index is 357. The van der Waals surface area contributed by atoms with Crippen LogP contribution in [-0.2, 0) is 6.54 Å². The second kappa shape index (κ2) is 5.09. The molecule has 82 valence electrons. The summed E-state index contributed by atoms with van der Waals surface area (Å²) in [5, 5.41) is 6.65. The van der Waals surface area contributed by atoms with Gasteiger partial charge in [0.15, 0.2) is 5.43 Å². The van der Waals surface area contributed by atoms with E-state index in [0.717, 1.165) is 24.7 Å². The van der Waals surface area contributed by atoms with Crippen LogP contribution >= 0.6 is 0 Å². The average molecular weight is 207 g/mol. The molecule has 1 aliphatic carbocycles. The number of pyridine rings is 1. The van der Waals surface area contributed by atoms with Crippen molar-refractivity contribution in [3.63, 3.8) is 0 Å². The molecule has 1 saturated carbocycles. The fourth-order valence-corrected chi connectivity index (χ4v) is 1.46. The number of hydrogen-bond acceptors (Lipinski definition) is 3. The minimum absolute atomic E-state index is 0.0939. The predicted octanol–water partition coefficient (Wildman–Crippen LogP) is 0.216. The molecule has 2 rings (SSSR count). The van der Waals surface area contributed by atoms with Gasteiger partial charge in [0.2, 0.25) is 0 Å². The first kappa shape index (κ1) is 10.4. The predicted molar refractivity (Wildman–Crippen MR) is 59.8 cm³/mol. The van der Waals surface area contributed by atoms with E-state index in [2.05, 4.69) is 15.6 Å². The molecule has 0 spiro atoms. The van der Waals surface area contributed by atoms with Crippen LogP contribution in [0.1, 0.15) is 18.4 Å². The van der Waals surface area contributed by atoms with Gasteiger partial charge < -0.3 is 15.6 Å². The molecule has 4 heteroatoms. The lowest BCUT2D eigenvalue weighted by Gasteiger charge is -2.04. The van der Waals surface area contributed by atoms with E-state index in [1.807, 2.05) is 0 Å². The fraction of sp³-hybridized carbons (Fsp3) is 0.545. The molecule has 0 bridgehead atoms. The maximum atomic E-state index is 11.3.